The number of amides is 2. The lowest BCUT2D eigenvalue weighted by atomic mass is 9.78. The lowest BCUT2D eigenvalue weighted by Gasteiger charge is -2.39. The Morgan fingerprint density at radius 1 is 1.30 bits per heavy atom. The van der Waals surface area contributed by atoms with E-state index in [0.717, 1.165) is 12.8 Å². The Morgan fingerprint density at radius 3 is 2.78 bits per heavy atom. The highest BCUT2D eigenvalue weighted by Gasteiger charge is 2.49. The number of carbonyl (C=O) groups is 2. The van der Waals surface area contributed by atoms with Gasteiger partial charge in [-0.1, -0.05) is 13.8 Å². The first kappa shape index (κ1) is 19.6. The first-order chi connectivity index (χ1) is 12.8. The molecule has 2 aliphatic heterocycles. The van der Waals surface area contributed by atoms with Gasteiger partial charge in [-0.15, -0.1) is 0 Å². The topological polar surface area (TPSA) is 49.9 Å². The maximum atomic E-state index is 14.2. The molecule has 2 heterocycles. The van der Waals surface area contributed by atoms with E-state index in [1.54, 1.807) is 24.1 Å². The summed E-state index contributed by atoms with van der Waals surface area (Å²) in [7, 11) is 1.54. The van der Waals surface area contributed by atoms with Crippen molar-refractivity contribution < 1.29 is 18.7 Å². The molecule has 3 rings (SSSR count). The molecule has 0 saturated carbocycles. The number of rotatable bonds is 5. The maximum Gasteiger partial charge on any atom is 0.230 e. The minimum absolute atomic E-state index is 0.0517. The zero-order valence-electron chi connectivity index (χ0n) is 16.5. The van der Waals surface area contributed by atoms with Crippen LogP contribution in [0.4, 0.5) is 4.39 Å². The van der Waals surface area contributed by atoms with Crippen LogP contribution in [-0.2, 0) is 16.1 Å². The summed E-state index contributed by atoms with van der Waals surface area (Å²) in [5.41, 5.74) is -0.0364. The molecule has 0 radical (unpaired) electrons. The van der Waals surface area contributed by atoms with Crippen molar-refractivity contribution in [2.45, 2.75) is 46.1 Å². The fourth-order valence-electron chi connectivity index (χ4n) is 4.25. The molecule has 27 heavy (non-hydrogen) atoms. The third-order valence-corrected chi connectivity index (χ3v) is 5.73. The van der Waals surface area contributed by atoms with Gasteiger partial charge in [-0.2, -0.15) is 0 Å². The summed E-state index contributed by atoms with van der Waals surface area (Å²) in [6, 6.07) is 4.60. The molecule has 6 heteroatoms. The van der Waals surface area contributed by atoms with Crippen molar-refractivity contribution in [1.82, 2.24) is 9.80 Å². The van der Waals surface area contributed by atoms with Crippen LogP contribution in [0.5, 0.6) is 5.75 Å². The molecule has 1 atom stereocenters. The summed E-state index contributed by atoms with van der Waals surface area (Å²) in [6.45, 7) is 6.05. The van der Waals surface area contributed by atoms with Gasteiger partial charge >= 0.3 is 0 Å². The summed E-state index contributed by atoms with van der Waals surface area (Å²) >= 11 is 0. The number of hydrogen-bond acceptors (Lipinski definition) is 3. The second-order valence-corrected chi connectivity index (χ2v) is 8.23. The molecule has 1 aromatic rings. The SMILES string of the molecule is COc1ccc(F)c(CN2CCC[C@@]3(CCN(C(=O)CC(C)C)C3)C2=O)c1. The Labute approximate surface area is 160 Å². The van der Waals surface area contributed by atoms with E-state index in [2.05, 4.69) is 0 Å². The van der Waals surface area contributed by atoms with E-state index in [1.807, 2.05) is 18.7 Å². The first-order valence-electron chi connectivity index (χ1n) is 9.74. The Balaban J connectivity index is 1.72. The number of nitrogens with zero attached hydrogens (tertiary/aromatic N) is 2. The number of likely N-dealkylation sites (tertiary alicyclic amines) is 2. The van der Waals surface area contributed by atoms with Gasteiger partial charge in [0.2, 0.25) is 11.8 Å². The smallest absolute Gasteiger partial charge is 0.230 e. The molecule has 1 aromatic carbocycles. The van der Waals surface area contributed by atoms with Crippen LogP contribution in [0, 0.1) is 17.2 Å². The molecule has 0 aromatic heterocycles. The van der Waals surface area contributed by atoms with E-state index in [0.29, 0.717) is 49.7 Å². The summed E-state index contributed by atoms with van der Waals surface area (Å²) < 4.78 is 19.4. The third kappa shape index (κ3) is 4.09. The van der Waals surface area contributed by atoms with Crippen LogP contribution in [0.25, 0.3) is 0 Å². The standard InChI is InChI=1S/C21H29FN2O3/c1-15(2)11-19(25)24-10-8-21(14-24)7-4-9-23(20(21)26)13-16-12-17(27-3)5-6-18(16)22/h5-6,12,15H,4,7-11,13-14H2,1-3H3/t21-/m0/s1. The molecule has 148 valence electrons. The fraction of sp³-hybridized carbons (Fsp3) is 0.619. The lowest BCUT2D eigenvalue weighted by molar-refractivity contribution is -0.147. The average molecular weight is 376 g/mol. The summed E-state index contributed by atoms with van der Waals surface area (Å²) in [5, 5.41) is 0. The number of carbonyl (C=O) groups excluding carboxylic acids is 2. The highest BCUT2D eigenvalue weighted by Crippen LogP contribution is 2.41. The Kier molecular flexibility index (Phi) is 5.72. The van der Waals surface area contributed by atoms with Gasteiger partial charge in [0.15, 0.2) is 0 Å². The van der Waals surface area contributed by atoms with Crippen LogP contribution >= 0.6 is 0 Å². The Hall–Kier alpha value is -2.11. The number of benzene rings is 1. The maximum absolute atomic E-state index is 14.2. The number of ether oxygens (including phenoxy) is 1. The highest BCUT2D eigenvalue weighted by atomic mass is 19.1. The second kappa shape index (κ2) is 7.87. The van der Waals surface area contributed by atoms with E-state index >= 15 is 0 Å². The van der Waals surface area contributed by atoms with Crippen molar-refractivity contribution in [2.24, 2.45) is 11.3 Å². The predicted molar refractivity (Wildman–Crippen MR) is 101 cm³/mol. The number of methoxy groups -OCH3 is 1. The summed E-state index contributed by atoms with van der Waals surface area (Å²) in [6.07, 6.45) is 2.90. The number of piperidine rings is 1. The molecule has 1 spiro atoms. The second-order valence-electron chi connectivity index (χ2n) is 8.23. The average Bonchev–Trinajstić information content (AvgIpc) is 3.05. The molecule has 0 bridgehead atoms. The quantitative estimate of drug-likeness (QED) is 0.793. The van der Waals surface area contributed by atoms with Crippen molar-refractivity contribution in [2.75, 3.05) is 26.7 Å². The molecule has 0 N–H and O–H groups in total. The molecule has 2 fully saturated rings. The highest BCUT2D eigenvalue weighted by molar-refractivity contribution is 5.86. The van der Waals surface area contributed by atoms with Gasteiger partial charge in [0, 0.05) is 38.2 Å². The van der Waals surface area contributed by atoms with E-state index in [4.69, 9.17) is 4.74 Å². The normalized spacial score (nSPS) is 22.8. The van der Waals surface area contributed by atoms with Crippen LogP contribution < -0.4 is 4.74 Å². The van der Waals surface area contributed by atoms with E-state index in [9.17, 15) is 14.0 Å². The molecular weight excluding hydrogens is 347 g/mol. The van der Waals surface area contributed by atoms with Gasteiger partial charge in [-0.3, -0.25) is 9.59 Å². The molecule has 2 saturated heterocycles. The van der Waals surface area contributed by atoms with Crippen molar-refractivity contribution in [3.05, 3.63) is 29.6 Å². The zero-order valence-corrected chi connectivity index (χ0v) is 16.5. The summed E-state index contributed by atoms with van der Waals surface area (Å²) in [5.74, 6) is 0.741. The fourth-order valence-corrected chi connectivity index (χ4v) is 4.25. The van der Waals surface area contributed by atoms with Crippen molar-refractivity contribution >= 4 is 11.8 Å². The minimum atomic E-state index is -0.500. The van der Waals surface area contributed by atoms with Crippen molar-refractivity contribution in [3.8, 4) is 5.75 Å². The molecule has 0 unspecified atom stereocenters. The van der Waals surface area contributed by atoms with E-state index in [1.165, 1.54) is 6.07 Å². The van der Waals surface area contributed by atoms with E-state index < -0.39 is 5.41 Å². The molecule has 2 amide bonds. The summed E-state index contributed by atoms with van der Waals surface area (Å²) in [4.78, 5) is 29.2. The van der Waals surface area contributed by atoms with Crippen LogP contribution in [-0.4, -0.2) is 48.4 Å². The minimum Gasteiger partial charge on any atom is -0.497 e. The van der Waals surface area contributed by atoms with E-state index in [-0.39, 0.29) is 24.2 Å². The van der Waals surface area contributed by atoms with Crippen LogP contribution in [0.1, 0.15) is 45.1 Å². The van der Waals surface area contributed by atoms with Gasteiger partial charge in [0.25, 0.3) is 0 Å². The molecular formula is C21H29FN2O3. The predicted octanol–water partition coefficient (Wildman–Crippen LogP) is 3.22. The van der Waals surface area contributed by atoms with Crippen LogP contribution in [0.3, 0.4) is 0 Å². The van der Waals surface area contributed by atoms with Crippen LogP contribution in [0.2, 0.25) is 0 Å². The number of hydrogen-bond donors (Lipinski definition) is 0. The van der Waals surface area contributed by atoms with Gasteiger partial charge in [-0.25, -0.2) is 4.39 Å². The van der Waals surface area contributed by atoms with Gasteiger partial charge in [0.05, 0.1) is 12.5 Å². The number of halogens is 1. The van der Waals surface area contributed by atoms with Gasteiger partial charge in [-0.05, 0) is 43.4 Å². The van der Waals surface area contributed by atoms with Crippen molar-refractivity contribution in [1.29, 1.82) is 0 Å². The largest absolute Gasteiger partial charge is 0.497 e. The third-order valence-electron chi connectivity index (χ3n) is 5.73. The van der Waals surface area contributed by atoms with Gasteiger partial charge in [0.1, 0.15) is 11.6 Å². The Bertz CT molecular complexity index is 721. The molecule has 5 nitrogen and oxygen atoms in total. The van der Waals surface area contributed by atoms with Crippen molar-refractivity contribution in [3.63, 3.8) is 0 Å². The monoisotopic (exact) mass is 376 g/mol. The molecule has 2 aliphatic rings. The Morgan fingerprint density at radius 2 is 2.07 bits per heavy atom. The first-order valence-corrected chi connectivity index (χ1v) is 9.74. The van der Waals surface area contributed by atoms with Crippen LogP contribution in [0.15, 0.2) is 18.2 Å². The van der Waals surface area contributed by atoms with Gasteiger partial charge < -0.3 is 14.5 Å². The lowest BCUT2D eigenvalue weighted by Crippen LogP contribution is -2.50. The molecule has 0 aliphatic carbocycles. The zero-order chi connectivity index (χ0) is 19.6.